The summed E-state index contributed by atoms with van der Waals surface area (Å²) in [6, 6.07) is 0. The summed E-state index contributed by atoms with van der Waals surface area (Å²) in [6.45, 7) is 3.65. The van der Waals surface area contributed by atoms with E-state index in [0.29, 0.717) is 6.42 Å². The van der Waals surface area contributed by atoms with Crippen LogP contribution in [0.15, 0.2) is 12.2 Å². The molecule has 0 rings (SSSR count). The van der Waals surface area contributed by atoms with Gasteiger partial charge in [-0.2, -0.15) is 19.2 Å². The molecule has 0 aromatic heterocycles. The van der Waals surface area contributed by atoms with E-state index in [4.69, 9.17) is 19.4 Å². The fraction of sp³-hybridized carbons (Fsp3) is 0.625. The molecule has 0 bridgehead atoms. The van der Waals surface area contributed by atoms with Crippen LogP contribution in [0, 0.1) is 0 Å². The molecule has 0 aliphatic carbocycles. The molecule has 3 N–H and O–H groups in total. The Balaban J connectivity index is 3.41. The molecule has 0 aliphatic rings. The molecule has 0 unspecified atom stereocenters. The van der Waals surface area contributed by atoms with E-state index in [-0.39, 0.29) is 25.4 Å². The van der Waals surface area contributed by atoms with E-state index in [1.165, 1.54) is 7.11 Å². The van der Waals surface area contributed by atoms with Crippen molar-refractivity contribution in [1.29, 1.82) is 0 Å². The van der Waals surface area contributed by atoms with E-state index >= 15 is 0 Å². The Hall–Kier alpha value is -0.560. The maximum Gasteiger partial charge on any atom is 0.567 e. The molecule has 0 radical (unpaired) electrons. The molecule has 0 atom stereocenters. The molecular formula is C8H16O7P+. The average molecular weight is 255 g/mol. The number of esters is 1. The third-order valence-corrected chi connectivity index (χ3v) is 1.98. The lowest BCUT2D eigenvalue weighted by atomic mass is 10.3. The van der Waals surface area contributed by atoms with Crippen LogP contribution in [0.4, 0.5) is 0 Å². The first-order valence-electron chi connectivity index (χ1n) is 4.42. The van der Waals surface area contributed by atoms with Gasteiger partial charge in [-0.1, -0.05) is 6.58 Å². The maximum absolute atomic E-state index is 10.8. The van der Waals surface area contributed by atoms with Crippen molar-refractivity contribution in [3.05, 3.63) is 12.2 Å². The minimum absolute atomic E-state index is 0.0321. The minimum atomic E-state index is -4.15. The van der Waals surface area contributed by atoms with Crippen molar-refractivity contribution < 1.29 is 33.5 Å². The van der Waals surface area contributed by atoms with Crippen molar-refractivity contribution in [2.45, 2.75) is 6.42 Å². The molecule has 0 aromatic rings. The Labute approximate surface area is 93.9 Å². The van der Waals surface area contributed by atoms with Crippen LogP contribution in [0.5, 0.6) is 0 Å². The van der Waals surface area contributed by atoms with Crippen LogP contribution >= 0.6 is 8.17 Å². The second kappa shape index (κ2) is 7.67. The van der Waals surface area contributed by atoms with Crippen LogP contribution < -0.4 is 0 Å². The van der Waals surface area contributed by atoms with Gasteiger partial charge in [0.15, 0.2) is 0 Å². The van der Waals surface area contributed by atoms with Crippen LogP contribution in [-0.4, -0.2) is 47.6 Å². The van der Waals surface area contributed by atoms with Crippen molar-refractivity contribution in [1.82, 2.24) is 0 Å². The van der Waals surface area contributed by atoms with Crippen molar-refractivity contribution in [2.75, 3.05) is 26.9 Å². The van der Waals surface area contributed by atoms with Gasteiger partial charge in [0.05, 0.1) is 19.3 Å². The number of hydrogen-bond acceptors (Lipinski definition) is 7. The second-order valence-corrected chi connectivity index (χ2v) is 4.13. The van der Waals surface area contributed by atoms with Crippen molar-refractivity contribution >= 4 is 14.1 Å². The lowest BCUT2D eigenvalue weighted by Gasteiger charge is -2.05. The summed E-state index contributed by atoms with van der Waals surface area (Å²) < 4.78 is 13.7. The lowest BCUT2D eigenvalue weighted by Crippen LogP contribution is -2.11. The highest BCUT2D eigenvalue weighted by atomic mass is 31.2. The van der Waals surface area contributed by atoms with Crippen LogP contribution in [0.25, 0.3) is 0 Å². The molecule has 0 fully saturated rings. The molecule has 0 saturated heterocycles. The van der Waals surface area contributed by atoms with E-state index in [1.54, 1.807) is 0 Å². The fourth-order valence-corrected chi connectivity index (χ4v) is 1.12. The SMILES string of the molecule is C=C(COCCCO[P+](O)(O)O)C(=O)OC. The maximum atomic E-state index is 10.8. The first kappa shape index (κ1) is 15.4. The normalized spacial score (nSPS) is 11.2. The summed E-state index contributed by atoms with van der Waals surface area (Å²) in [5.41, 5.74) is 0.191. The van der Waals surface area contributed by atoms with Gasteiger partial charge in [-0.05, 0) is 6.42 Å². The van der Waals surface area contributed by atoms with Gasteiger partial charge in [-0.3, -0.25) is 0 Å². The molecule has 0 spiro atoms. The van der Waals surface area contributed by atoms with E-state index < -0.39 is 14.1 Å². The Morgan fingerprint density at radius 2 is 1.94 bits per heavy atom. The highest BCUT2D eigenvalue weighted by Gasteiger charge is 2.32. The summed E-state index contributed by atoms with van der Waals surface area (Å²) in [7, 11) is -2.91. The third kappa shape index (κ3) is 8.72. The first-order chi connectivity index (χ1) is 7.37. The number of methoxy groups -OCH3 is 1. The van der Waals surface area contributed by atoms with Gasteiger partial charge in [0.1, 0.15) is 6.61 Å². The fourth-order valence-electron chi connectivity index (χ4n) is 0.747. The molecule has 16 heavy (non-hydrogen) atoms. The highest BCUT2D eigenvalue weighted by molar-refractivity contribution is 7.53. The minimum Gasteiger partial charge on any atom is -0.466 e. The zero-order valence-corrected chi connectivity index (χ0v) is 9.85. The summed E-state index contributed by atoms with van der Waals surface area (Å²) >= 11 is 0. The summed E-state index contributed by atoms with van der Waals surface area (Å²) in [5, 5.41) is 0. The van der Waals surface area contributed by atoms with Crippen LogP contribution in [0.2, 0.25) is 0 Å². The average Bonchev–Trinajstić information content (AvgIpc) is 2.20. The smallest absolute Gasteiger partial charge is 0.466 e. The molecule has 0 saturated carbocycles. The van der Waals surface area contributed by atoms with E-state index in [1.807, 2.05) is 0 Å². The van der Waals surface area contributed by atoms with Gasteiger partial charge >= 0.3 is 14.1 Å². The molecular weight excluding hydrogens is 239 g/mol. The zero-order chi connectivity index (χ0) is 12.6. The van der Waals surface area contributed by atoms with E-state index in [2.05, 4.69) is 15.8 Å². The summed E-state index contributed by atoms with van der Waals surface area (Å²) in [6.07, 6.45) is 0.345. The van der Waals surface area contributed by atoms with Gasteiger partial charge in [-0.25, -0.2) is 4.79 Å². The Kier molecular flexibility index (Phi) is 7.40. The largest absolute Gasteiger partial charge is 0.567 e. The number of rotatable bonds is 8. The molecule has 0 amide bonds. The van der Waals surface area contributed by atoms with Crippen LogP contribution in [0.1, 0.15) is 6.42 Å². The van der Waals surface area contributed by atoms with Gasteiger partial charge in [0.25, 0.3) is 0 Å². The van der Waals surface area contributed by atoms with Crippen molar-refractivity contribution in [3.8, 4) is 0 Å². The zero-order valence-electron chi connectivity index (χ0n) is 8.96. The van der Waals surface area contributed by atoms with Gasteiger partial charge in [0.2, 0.25) is 0 Å². The molecule has 0 heterocycles. The first-order valence-corrected chi connectivity index (χ1v) is 5.99. The van der Waals surface area contributed by atoms with E-state index in [9.17, 15) is 4.79 Å². The third-order valence-electron chi connectivity index (χ3n) is 1.45. The molecule has 94 valence electrons. The second-order valence-electron chi connectivity index (χ2n) is 2.85. The van der Waals surface area contributed by atoms with Gasteiger partial charge in [0, 0.05) is 6.61 Å². The summed E-state index contributed by atoms with van der Waals surface area (Å²) in [5.74, 6) is -0.540. The number of carbonyl (C=O) groups excluding carboxylic acids is 1. The predicted octanol–water partition coefficient (Wildman–Crippen LogP) is -0.207. The topological polar surface area (TPSA) is 105 Å². The number of carbonyl (C=O) groups is 1. The summed E-state index contributed by atoms with van der Waals surface area (Å²) in [4.78, 5) is 36.2. The van der Waals surface area contributed by atoms with Crippen LogP contribution in [0.3, 0.4) is 0 Å². The highest BCUT2D eigenvalue weighted by Crippen LogP contribution is 2.45. The monoisotopic (exact) mass is 255 g/mol. The van der Waals surface area contributed by atoms with Crippen LogP contribution in [-0.2, 0) is 18.8 Å². The lowest BCUT2D eigenvalue weighted by molar-refractivity contribution is -0.136. The van der Waals surface area contributed by atoms with Gasteiger partial charge in [-0.15, -0.1) is 0 Å². The molecule has 8 heteroatoms. The predicted molar refractivity (Wildman–Crippen MR) is 56.1 cm³/mol. The Morgan fingerprint density at radius 3 is 2.44 bits per heavy atom. The molecule has 0 aromatic carbocycles. The molecule has 0 aliphatic heterocycles. The van der Waals surface area contributed by atoms with Crippen molar-refractivity contribution in [3.63, 3.8) is 0 Å². The standard InChI is InChI=1S/C8H16O7P/c1-7(8(9)13-2)6-14-4-3-5-15-16(10,11)12/h10-12H,1,3-6H2,2H3/q+1. The Bertz CT molecular complexity index is 235. The number of hydrogen-bond donors (Lipinski definition) is 3. The van der Waals surface area contributed by atoms with Crippen molar-refractivity contribution in [2.24, 2.45) is 0 Å². The quantitative estimate of drug-likeness (QED) is 0.238. The molecule has 7 nitrogen and oxygen atoms in total. The van der Waals surface area contributed by atoms with E-state index in [0.717, 1.165) is 0 Å². The Morgan fingerprint density at radius 1 is 1.31 bits per heavy atom. The van der Waals surface area contributed by atoms with Gasteiger partial charge < -0.3 is 9.47 Å². The number of ether oxygens (including phenoxy) is 2.